The van der Waals surface area contributed by atoms with Crippen molar-refractivity contribution in [2.45, 2.75) is 57.3 Å². The van der Waals surface area contributed by atoms with E-state index >= 15 is 4.39 Å². The summed E-state index contributed by atoms with van der Waals surface area (Å²) >= 11 is 0. The van der Waals surface area contributed by atoms with Crippen LogP contribution in [0.25, 0.3) is 10.9 Å². The van der Waals surface area contributed by atoms with Gasteiger partial charge in [0.2, 0.25) is 6.41 Å². The van der Waals surface area contributed by atoms with Crippen molar-refractivity contribution < 1.29 is 22.7 Å². The molecule has 0 N–H and O–H groups in total. The van der Waals surface area contributed by atoms with Crippen LogP contribution in [0, 0.1) is 5.82 Å². The molecule has 2 fully saturated rings. The Balaban J connectivity index is 1.53. The molecule has 41 heavy (non-hydrogen) atoms. The van der Waals surface area contributed by atoms with Crippen LogP contribution in [0.5, 0.6) is 5.75 Å². The predicted octanol–water partition coefficient (Wildman–Crippen LogP) is 3.82. The number of amides is 1. The molecule has 0 bridgehead atoms. The van der Waals surface area contributed by atoms with Crippen molar-refractivity contribution in [3.63, 3.8) is 0 Å². The van der Waals surface area contributed by atoms with E-state index < -0.39 is 42.3 Å². The summed E-state index contributed by atoms with van der Waals surface area (Å²) in [6, 6.07) is 9.56. The van der Waals surface area contributed by atoms with E-state index in [9.17, 15) is 23.2 Å². The first-order valence-corrected chi connectivity index (χ1v) is 14.2. The number of carbonyl (C=O) groups excluding carboxylic acids is 1. The predicted molar refractivity (Wildman–Crippen MR) is 149 cm³/mol. The summed E-state index contributed by atoms with van der Waals surface area (Å²) in [5.41, 5.74) is 0.753. The van der Waals surface area contributed by atoms with Crippen LogP contribution in [0.4, 0.5) is 13.2 Å². The van der Waals surface area contributed by atoms with Crippen molar-refractivity contribution in [3.05, 3.63) is 74.2 Å². The van der Waals surface area contributed by atoms with Gasteiger partial charge in [-0.2, -0.15) is 0 Å². The number of fused-ring (bicyclic) bond motifs is 1. The molecule has 1 aromatic heterocycles. The first kappa shape index (κ1) is 28.9. The van der Waals surface area contributed by atoms with Crippen molar-refractivity contribution >= 4 is 17.3 Å². The van der Waals surface area contributed by atoms with Crippen molar-refractivity contribution in [1.29, 1.82) is 0 Å². The van der Waals surface area contributed by atoms with Gasteiger partial charge in [0.15, 0.2) is 17.7 Å². The van der Waals surface area contributed by atoms with E-state index in [0.29, 0.717) is 25.9 Å². The monoisotopic (exact) mass is 572 g/mol. The van der Waals surface area contributed by atoms with Crippen LogP contribution in [0.2, 0.25) is 0 Å². The lowest BCUT2D eigenvalue weighted by Crippen LogP contribution is -2.44. The van der Waals surface area contributed by atoms with E-state index in [1.165, 1.54) is 23.8 Å². The summed E-state index contributed by atoms with van der Waals surface area (Å²) < 4.78 is 49.0. The second-order valence-electron chi connectivity index (χ2n) is 10.9. The van der Waals surface area contributed by atoms with Gasteiger partial charge in [0.25, 0.3) is 5.56 Å². The number of carbonyl (C=O) groups is 1. The van der Waals surface area contributed by atoms with Gasteiger partial charge in [0, 0.05) is 31.7 Å². The van der Waals surface area contributed by atoms with Gasteiger partial charge in [-0.3, -0.25) is 23.6 Å². The van der Waals surface area contributed by atoms with Crippen molar-refractivity contribution in [1.82, 2.24) is 18.9 Å². The fourth-order valence-electron chi connectivity index (χ4n) is 5.80. The maximum Gasteiger partial charge on any atom is 0.332 e. The largest absolute Gasteiger partial charge is 0.482 e. The van der Waals surface area contributed by atoms with Gasteiger partial charge in [-0.05, 0) is 56.0 Å². The molecule has 1 amide bonds. The number of likely N-dealkylation sites (tertiary alicyclic amines) is 2. The number of benzene rings is 2. The first-order valence-electron chi connectivity index (χ1n) is 14.2. The Morgan fingerprint density at radius 2 is 1.54 bits per heavy atom. The molecular formula is C30H35F3N4O4. The summed E-state index contributed by atoms with van der Waals surface area (Å²) in [7, 11) is 0. The lowest BCUT2D eigenvalue weighted by molar-refractivity contribution is -0.119. The average Bonchev–Trinajstić information content (AvgIpc) is 3.00. The molecule has 0 radical (unpaired) electrons. The first-order chi connectivity index (χ1) is 19.9. The van der Waals surface area contributed by atoms with E-state index in [0.717, 1.165) is 53.9 Å². The van der Waals surface area contributed by atoms with Gasteiger partial charge < -0.3 is 9.64 Å². The Hall–Kier alpha value is -3.60. The van der Waals surface area contributed by atoms with E-state index in [4.69, 9.17) is 4.74 Å². The maximum absolute atomic E-state index is 15.1. The molecule has 0 unspecified atom stereocenters. The number of rotatable bonds is 10. The van der Waals surface area contributed by atoms with E-state index in [2.05, 4.69) is 4.90 Å². The smallest absolute Gasteiger partial charge is 0.332 e. The van der Waals surface area contributed by atoms with Crippen LogP contribution in [-0.4, -0.2) is 71.0 Å². The Kier molecular flexibility index (Phi) is 9.12. The fraction of sp³-hybridized carbons (Fsp3) is 0.500. The molecule has 2 aliphatic heterocycles. The molecule has 0 spiro atoms. The van der Waals surface area contributed by atoms with E-state index in [1.807, 2.05) is 24.3 Å². The van der Waals surface area contributed by atoms with Gasteiger partial charge in [-0.15, -0.1) is 0 Å². The normalized spacial score (nSPS) is 16.9. The molecule has 0 aliphatic carbocycles. The Morgan fingerprint density at radius 3 is 2.15 bits per heavy atom. The molecule has 2 aromatic carbocycles. The number of hydrogen-bond acceptors (Lipinski definition) is 5. The minimum atomic E-state index is -1.51. The standard InChI is InChI=1S/C30H35F3N4O4/c31-16-24(17-32)41-28-14-25-27(15-26(28)33)37(23-8-12-35(20-38)13-9-23)30(40)36(29(25)39)19-22-6-4-21(5-7-22)18-34-10-2-1-3-11-34/h4-7,14-15,20,23-24H,1-3,8-13,16-19H2. The van der Waals surface area contributed by atoms with Crippen molar-refractivity contribution in [3.8, 4) is 5.75 Å². The van der Waals surface area contributed by atoms with Crippen molar-refractivity contribution in [2.75, 3.05) is 39.5 Å². The zero-order valence-corrected chi connectivity index (χ0v) is 22.9. The molecule has 8 nitrogen and oxygen atoms in total. The third-order valence-corrected chi connectivity index (χ3v) is 8.09. The topological polar surface area (TPSA) is 76.8 Å². The average molecular weight is 573 g/mol. The van der Waals surface area contributed by atoms with Crippen LogP contribution in [-0.2, 0) is 17.9 Å². The van der Waals surface area contributed by atoms with Gasteiger partial charge in [-0.25, -0.2) is 18.0 Å². The molecule has 3 aromatic rings. The second kappa shape index (κ2) is 12.9. The molecule has 0 saturated carbocycles. The minimum Gasteiger partial charge on any atom is -0.482 e. The fourth-order valence-corrected chi connectivity index (χ4v) is 5.80. The molecular weight excluding hydrogens is 537 g/mol. The number of alkyl halides is 2. The maximum atomic E-state index is 15.1. The van der Waals surface area contributed by atoms with Crippen LogP contribution < -0.4 is 16.0 Å². The second-order valence-corrected chi connectivity index (χ2v) is 10.9. The molecule has 220 valence electrons. The van der Waals surface area contributed by atoms with E-state index in [1.54, 1.807) is 4.90 Å². The quantitative estimate of drug-likeness (QED) is 0.346. The molecule has 0 atom stereocenters. The molecule has 2 aliphatic rings. The number of nitrogens with zero attached hydrogens (tertiary/aromatic N) is 4. The zero-order chi connectivity index (χ0) is 28.9. The molecule has 3 heterocycles. The highest BCUT2D eigenvalue weighted by Gasteiger charge is 2.26. The molecule has 11 heteroatoms. The summed E-state index contributed by atoms with van der Waals surface area (Å²) in [5, 5.41) is 0.0111. The SMILES string of the molecule is O=CN1CCC(n2c(=O)n(Cc3ccc(CN4CCCCC4)cc3)c(=O)c3cc(OC(CF)CF)c(F)cc32)CC1. The number of aromatic nitrogens is 2. The van der Waals surface area contributed by atoms with Gasteiger partial charge in [-0.1, -0.05) is 30.7 Å². The molecule has 2 saturated heterocycles. The Labute approximate surface area is 235 Å². The number of hydrogen-bond donors (Lipinski definition) is 0. The number of ether oxygens (including phenoxy) is 1. The van der Waals surface area contributed by atoms with Crippen LogP contribution in [0.1, 0.15) is 49.3 Å². The minimum absolute atomic E-state index is 0.00403. The van der Waals surface area contributed by atoms with Crippen LogP contribution >= 0.6 is 0 Å². The van der Waals surface area contributed by atoms with Crippen molar-refractivity contribution in [2.24, 2.45) is 0 Å². The summed E-state index contributed by atoms with van der Waals surface area (Å²) in [6.45, 7) is 1.48. The highest BCUT2D eigenvalue weighted by atomic mass is 19.1. The van der Waals surface area contributed by atoms with Gasteiger partial charge in [0.1, 0.15) is 13.3 Å². The number of piperidine rings is 2. The number of halogens is 3. The third kappa shape index (κ3) is 6.34. The lowest BCUT2D eigenvalue weighted by Gasteiger charge is -2.31. The Morgan fingerprint density at radius 1 is 0.902 bits per heavy atom. The lowest BCUT2D eigenvalue weighted by atomic mass is 10.0. The van der Waals surface area contributed by atoms with Crippen LogP contribution in [0.3, 0.4) is 0 Å². The van der Waals surface area contributed by atoms with E-state index in [-0.39, 0.29) is 23.5 Å². The van der Waals surface area contributed by atoms with Crippen LogP contribution in [0.15, 0.2) is 46.0 Å². The summed E-state index contributed by atoms with van der Waals surface area (Å²) in [5.74, 6) is -1.38. The van der Waals surface area contributed by atoms with Gasteiger partial charge >= 0.3 is 5.69 Å². The molecule has 5 rings (SSSR count). The zero-order valence-electron chi connectivity index (χ0n) is 22.9. The third-order valence-electron chi connectivity index (χ3n) is 8.09. The highest BCUT2D eigenvalue weighted by Crippen LogP contribution is 2.28. The summed E-state index contributed by atoms with van der Waals surface area (Å²) in [6.07, 6.45) is 3.79. The highest BCUT2D eigenvalue weighted by molar-refractivity contribution is 5.80. The van der Waals surface area contributed by atoms with Gasteiger partial charge in [0.05, 0.1) is 17.4 Å². The Bertz CT molecular complexity index is 1470. The summed E-state index contributed by atoms with van der Waals surface area (Å²) in [4.78, 5) is 42.8.